The van der Waals surface area contributed by atoms with Gasteiger partial charge in [0.25, 0.3) is 5.09 Å². The van der Waals surface area contributed by atoms with E-state index in [1.807, 2.05) is 5.32 Å². The predicted octanol–water partition coefficient (Wildman–Crippen LogP) is 1.37. The number of carbonyl (C=O) groups is 5. The van der Waals surface area contributed by atoms with Crippen molar-refractivity contribution in [2.45, 2.75) is 75.7 Å². The van der Waals surface area contributed by atoms with Crippen LogP contribution in [0.5, 0.6) is 0 Å². The van der Waals surface area contributed by atoms with Gasteiger partial charge in [-0.2, -0.15) is 0 Å². The number of nitrogens with zero attached hydrogens (tertiary/aromatic N) is 1. The van der Waals surface area contributed by atoms with Crippen LogP contribution in [0.15, 0.2) is 48.1 Å². The van der Waals surface area contributed by atoms with Crippen molar-refractivity contribution in [1.29, 1.82) is 0 Å². The van der Waals surface area contributed by atoms with Gasteiger partial charge < -0.3 is 40.1 Å². The first-order valence-electron chi connectivity index (χ1n) is 15.8. The largest absolute Gasteiger partial charge is 0.480 e. The van der Waals surface area contributed by atoms with E-state index in [-0.39, 0.29) is 29.8 Å². The second-order valence-electron chi connectivity index (χ2n) is 13.6. The van der Waals surface area contributed by atoms with Gasteiger partial charge in [0.2, 0.25) is 5.78 Å². The van der Waals surface area contributed by atoms with Crippen LogP contribution in [0, 0.1) is 32.8 Å². The first-order chi connectivity index (χ1) is 23.4. The lowest BCUT2D eigenvalue weighted by Crippen LogP contribution is -2.69. The highest BCUT2D eigenvalue weighted by Crippen LogP contribution is 2.69. The number of carboxylic acids is 1. The number of nitrogens with one attached hydrogen (secondary N) is 1. The first-order valence-corrected chi connectivity index (χ1v) is 15.8. The summed E-state index contributed by atoms with van der Waals surface area (Å²) in [6.07, 6.45) is -0.989. The van der Waals surface area contributed by atoms with Gasteiger partial charge in [-0.05, 0) is 68.4 Å². The summed E-state index contributed by atoms with van der Waals surface area (Å²) in [7, 11) is 0. The van der Waals surface area contributed by atoms with Crippen molar-refractivity contribution in [2.24, 2.45) is 22.7 Å². The number of allylic oxidation sites excluding steroid dienone is 4. The zero-order valence-electron chi connectivity index (χ0n) is 27.1. The number of benzene rings is 1. The summed E-state index contributed by atoms with van der Waals surface area (Å²) in [6.45, 7) is 0.570. The molecule has 1 unspecified atom stereocenters. The molecule has 3 saturated carbocycles. The lowest BCUT2D eigenvalue weighted by atomic mass is 9.44. The standard InChI is InChI=1S/C33H37FN2O14/c1-30-9-8-20(37)11-19(30)6-7-21-22-12-24(38)33(45,31(22,2)13-25(39)32(21,30)34)26(40)16-49-29(44)35-23(27(41)42)15-48-28(43)18-5-3-4-17(10-18)14-50-36(46)47/h3-5,8-11,21-25,38-39,45H,6-7,12-16H2,1-2H3,(H,35,44)(H,41,42)/t21-,22-,23?,24+,25-,30-,31-,32-,33-/m0/s1. The first kappa shape index (κ1) is 36.5. The summed E-state index contributed by atoms with van der Waals surface area (Å²) in [5, 5.41) is 55.2. The van der Waals surface area contributed by atoms with Crippen LogP contribution < -0.4 is 5.32 Å². The van der Waals surface area contributed by atoms with Gasteiger partial charge in [0, 0.05) is 16.7 Å². The van der Waals surface area contributed by atoms with Gasteiger partial charge in [-0.15, -0.1) is 10.1 Å². The maximum absolute atomic E-state index is 17.3. The summed E-state index contributed by atoms with van der Waals surface area (Å²) >= 11 is 0. The molecule has 0 spiro atoms. The summed E-state index contributed by atoms with van der Waals surface area (Å²) in [5.74, 6) is -5.84. The van der Waals surface area contributed by atoms with Crippen LogP contribution in [0.2, 0.25) is 0 Å². The average molecular weight is 705 g/mol. The van der Waals surface area contributed by atoms with Gasteiger partial charge >= 0.3 is 18.0 Å². The molecule has 0 aliphatic heterocycles. The highest BCUT2D eigenvalue weighted by atomic mass is 19.1. The molecule has 1 amide bonds. The van der Waals surface area contributed by atoms with Crippen LogP contribution in [-0.4, -0.2) is 97.8 Å². The molecule has 0 heterocycles. The predicted molar refractivity (Wildman–Crippen MR) is 164 cm³/mol. The Kier molecular flexibility index (Phi) is 9.64. The van der Waals surface area contributed by atoms with Crippen molar-refractivity contribution in [3.05, 3.63) is 69.3 Å². The number of aliphatic hydroxyl groups is 3. The number of aliphatic hydroxyl groups excluding tert-OH is 2. The Morgan fingerprint density at radius 2 is 1.86 bits per heavy atom. The normalized spacial score (nSPS) is 34.6. The molecule has 5 rings (SSSR count). The lowest BCUT2D eigenvalue weighted by molar-refractivity contribution is -0.763. The van der Waals surface area contributed by atoms with Crippen LogP contribution >= 0.6 is 0 Å². The molecule has 17 heteroatoms. The number of hydrogen-bond acceptors (Lipinski definition) is 13. The number of esters is 1. The maximum Gasteiger partial charge on any atom is 0.408 e. The molecule has 0 radical (unpaired) electrons. The third-order valence-electron chi connectivity index (χ3n) is 11.1. The molecule has 270 valence electrons. The van der Waals surface area contributed by atoms with Crippen LogP contribution in [0.3, 0.4) is 0 Å². The second kappa shape index (κ2) is 13.2. The number of rotatable bonds is 11. The fourth-order valence-corrected chi connectivity index (χ4v) is 8.49. The molecule has 16 nitrogen and oxygen atoms in total. The fourth-order valence-electron chi connectivity index (χ4n) is 8.49. The third-order valence-corrected chi connectivity index (χ3v) is 11.1. The van der Waals surface area contributed by atoms with Gasteiger partial charge in [0.15, 0.2) is 29.7 Å². The number of amides is 1. The number of Topliss-reactive ketones (excluding diaryl/α,β-unsaturated/α-hetero) is 1. The molecule has 9 atom stereocenters. The van der Waals surface area contributed by atoms with Crippen molar-refractivity contribution >= 4 is 29.6 Å². The molecule has 1 aromatic carbocycles. The Labute approximate surface area is 284 Å². The van der Waals surface area contributed by atoms with Crippen LogP contribution in [0.4, 0.5) is 9.18 Å². The summed E-state index contributed by atoms with van der Waals surface area (Å²) in [5.41, 5.74) is -7.10. The highest BCUT2D eigenvalue weighted by Gasteiger charge is 2.76. The van der Waals surface area contributed by atoms with Crippen molar-refractivity contribution in [3.8, 4) is 0 Å². The van der Waals surface area contributed by atoms with Crippen molar-refractivity contribution < 1.29 is 68.2 Å². The SMILES string of the molecule is C[C@]12C=CC(=O)C=C1CC[C@H]1[C@@H]3C[C@@H](O)[C@](O)(C(=O)COC(=O)NC(COC(=O)c4cccc(CO[N+](=O)[O-])c4)C(=O)O)[C@@]3(C)C[C@H](O)[C@@]12F. The van der Waals surface area contributed by atoms with E-state index in [0.29, 0.717) is 12.0 Å². The molecule has 4 aliphatic carbocycles. The Morgan fingerprint density at radius 1 is 1.14 bits per heavy atom. The summed E-state index contributed by atoms with van der Waals surface area (Å²) < 4.78 is 27.2. The average Bonchev–Trinajstić information content (AvgIpc) is 3.26. The lowest BCUT2D eigenvalue weighted by Gasteiger charge is -2.62. The van der Waals surface area contributed by atoms with Crippen LogP contribution in [0.25, 0.3) is 0 Å². The third kappa shape index (κ3) is 5.92. The Bertz CT molecular complexity index is 1680. The molecule has 4 aliphatic rings. The van der Waals surface area contributed by atoms with E-state index < -0.39 is 107 Å². The number of ketones is 2. The second-order valence-corrected chi connectivity index (χ2v) is 13.6. The molecule has 50 heavy (non-hydrogen) atoms. The number of fused-ring (bicyclic) bond motifs is 5. The monoisotopic (exact) mass is 704 g/mol. The molecule has 0 aromatic heterocycles. The van der Waals surface area contributed by atoms with Gasteiger partial charge in [-0.1, -0.05) is 30.7 Å². The number of alkyl halides is 1. The van der Waals surface area contributed by atoms with E-state index in [2.05, 4.69) is 4.84 Å². The minimum absolute atomic E-state index is 0.0932. The van der Waals surface area contributed by atoms with Crippen molar-refractivity contribution in [3.63, 3.8) is 0 Å². The van der Waals surface area contributed by atoms with Crippen molar-refractivity contribution in [1.82, 2.24) is 5.32 Å². The topological polar surface area (TPSA) is 249 Å². The number of alkyl carbamates (subject to hydrolysis) is 1. The molecule has 0 bridgehead atoms. The van der Waals surface area contributed by atoms with Crippen LogP contribution in [0.1, 0.15) is 55.5 Å². The van der Waals surface area contributed by atoms with E-state index in [4.69, 9.17) is 9.47 Å². The van der Waals surface area contributed by atoms with Gasteiger partial charge in [-0.25, -0.2) is 18.8 Å². The van der Waals surface area contributed by atoms with Gasteiger partial charge in [-0.3, -0.25) is 9.59 Å². The number of carbonyl (C=O) groups excluding carboxylic acids is 4. The van der Waals surface area contributed by atoms with E-state index in [9.17, 15) is 54.5 Å². The Morgan fingerprint density at radius 3 is 2.54 bits per heavy atom. The molecule has 0 saturated heterocycles. The Hall–Kier alpha value is -4.74. The van der Waals surface area contributed by atoms with E-state index in [1.54, 1.807) is 6.92 Å². The zero-order chi connectivity index (χ0) is 36.8. The molecular formula is C33H37FN2O14. The molecular weight excluding hydrogens is 667 g/mol. The van der Waals surface area contributed by atoms with Gasteiger partial charge in [0.1, 0.15) is 13.2 Å². The minimum Gasteiger partial charge on any atom is -0.480 e. The number of halogens is 1. The zero-order valence-corrected chi connectivity index (χ0v) is 27.1. The maximum atomic E-state index is 17.3. The Balaban J connectivity index is 1.23. The summed E-state index contributed by atoms with van der Waals surface area (Å²) in [4.78, 5) is 77.0. The molecule has 1 aromatic rings. The number of carboxylic acid groups (broad SMARTS) is 1. The van der Waals surface area contributed by atoms with E-state index in [0.717, 1.165) is 0 Å². The molecule has 5 N–H and O–H groups in total. The quantitative estimate of drug-likeness (QED) is 0.124. The number of ether oxygens (including phenoxy) is 2. The smallest absolute Gasteiger partial charge is 0.408 e. The fraction of sp³-hybridized carbons (Fsp3) is 0.545. The molecule has 3 fully saturated rings. The van der Waals surface area contributed by atoms with Gasteiger partial charge in [0.05, 0.1) is 17.8 Å². The van der Waals surface area contributed by atoms with Crippen LogP contribution in [-0.2, 0) is 35.3 Å². The number of hydrogen-bond donors (Lipinski definition) is 5. The van der Waals surface area contributed by atoms with E-state index in [1.165, 1.54) is 49.4 Å². The highest BCUT2D eigenvalue weighted by molar-refractivity contribution is 6.01. The van der Waals surface area contributed by atoms with Crippen molar-refractivity contribution in [2.75, 3.05) is 13.2 Å². The minimum atomic E-state index is -2.59. The summed E-state index contributed by atoms with van der Waals surface area (Å²) in [6, 6.07) is 3.49. The van der Waals surface area contributed by atoms with E-state index >= 15 is 4.39 Å². The number of aliphatic carboxylic acids is 1.